The van der Waals surface area contributed by atoms with Gasteiger partial charge in [-0.3, -0.25) is 0 Å². The molecule has 0 spiro atoms. The summed E-state index contributed by atoms with van der Waals surface area (Å²) >= 11 is 0.729. The van der Waals surface area contributed by atoms with E-state index in [9.17, 15) is 20.1 Å². The van der Waals surface area contributed by atoms with Crippen LogP contribution in [0, 0.1) is 29.6 Å². The van der Waals surface area contributed by atoms with Crippen molar-refractivity contribution < 1.29 is 19.1 Å². The zero-order chi connectivity index (χ0) is 28.1. The topological polar surface area (TPSA) is 152 Å². The van der Waals surface area contributed by atoms with Crippen LogP contribution in [0.2, 0.25) is 0 Å². The van der Waals surface area contributed by atoms with E-state index in [-0.39, 0.29) is 44.2 Å². The number of thioether (sulfide) groups is 1. The first-order valence-electron chi connectivity index (χ1n) is 11.3. The summed E-state index contributed by atoms with van der Waals surface area (Å²) in [4.78, 5) is 25.3. The summed E-state index contributed by atoms with van der Waals surface area (Å²) in [6.07, 6.45) is 0. The van der Waals surface area contributed by atoms with Gasteiger partial charge in [-0.2, -0.15) is 10.5 Å². The smallest absolute Gasteiger partial charge is 0.347 e. The van der Waals surface area contributed by atoms with E-state index in [1.54, 1.807) is 56.3 Å². The van der Waals surface area contributed by atoms with Gasteiger partial charge in [-0.05, 0) is 53.5 Å². The molecule has 2 aromatic carbocycles. The maximum atomic E-state index is 12.7. The number of nitriles is 2. The maximum absolute atomic E-state index is 12.7. The first kappa shape index (κ1) is 30.5. The summed E-state index contributed by atoms with van der Waals surface area (Å²) in [5, 5.41) is 19.7. The molecule has 0 unspecified atom stereocenters. The SMILES string of the molecule is CCOC(=O)/C(SS/C(C#N)=C(/C#N)S/C(C(=O)OCC)=C(/N)c1ccccc1)=C(\N)c1ccc(C)cc1. The van der Waals surface area contributed by atoms with Gasteiger partial charge in [0.25, 0.3) is 0 Å². The highest BCUT2D eigenvalue weighted by molar-refractivity contribution is 8.80. The molecule has 38 heavy (non-hydrogen) atoms. The zero-order valence-corrected chi connectivity index (χ0v) is 23.5. The van der Waals surface area contributed by atoms with Crippen LogP contribution in [0.3, 0.4) is 0 Å². The number of benzene rings is 2. The predicted molar refractivity (Wildman–Crippen MR) is 154 cm³/mol. The average Bonchev–Trinajstić information content (AvgIpc) is 2.92. The average molecular weight is 567 g/mol. The molecule has 0 atom stereocenters. The molecule has 4 N–H and O–H groups in total. The lowest BCUT2D eigenvalue weighted by atomic mass is 10.1. The molecular formula is C27H26N4O4S3. The van der Waals surface area contributed by atoms with Gasteiger partial charge in [0.2, 0.25) is 0 Å². The van der Waals surface area contributed by atoms with E-state index in [2.05, 4.69) is 0 Å². The second kappa shape index (κ2) is 15.5. The fraction of sp³-hybridized carbons (Fsp3) is 0.185. The Labute approximate surface area is 234 Å². The summed E-state index contributed by atoms with van der Waals surface area (Å²) < 4.78 is 10.3. The second-order valence-corrected chi connectivity index (χ2v) is 10.5. The van der Waals surface area contributed by atoms with Crippen LogP contribution in [0.5, 0.6) is 0 Å². The second-order valence-electron chi connectivity index (χ2n) is 7.31. The highest BCUT2D eigenvalue weighted by atomic mass is 33.1. The van der Waals surface area contributed by atoms with Crippen LogP contribution in [0.1, 0.15) is 30.5 Å². The number of rotatable bonds is 11. The highest BCUT2D eigenvalue weighted by Gasteiger charge is 2.24. The van der Waals surface area contributed by atoms with Gasteiger partial charge < -0.3 is 20.9 Å². The molecule has 0 heterocycles. The Bertz CT molecular complexity index is 1340. The van der Waals surface area contributed by atoms with E-state index < -0.39 is 11.9 Å². The van der Waals surface area contributed by atoms with Crippen LogP contribution >= 0.6 is 33.3 Å². The molecule has 0 fully saturated rings. The molecule has 0 aliphatic heterocycles. The minimum atomic E-state index is -0.725. The van der Waals surface area contributed by atoms with Crippen LogP contribution in [-0.2, 0) is 19.1 Å². The van der Waals surface area contributed by atoms with E-state index in [0.29, 0.717) is 11.1 Å². The molecule has 0 saturated carbocycles. The van der Waals surface area contributed by atoms with Crippen molar-refractivity contribution in [2.75, 3.05) is 13.2 Å². The Hall–Kier alpha value is -3.77. The monoisotopic (exact) mass is 566 g/mol. The van der Waals surface area contributed by atoms with Crippen molar-refractivity contribution >= 4 is 56.7 Å². The van der Waals surface area contributed by atoms with Crippen molar-refractivity contribution in [3.05, 3.63) is 90.9 Å². The number of hydrogen-bond donors (Lipinski definition) is 2. The Kier molecular flexibility index (Phi) is 12.4. The van der Waals surface area contributed by atoms with E-state index in [0.717, 1.165) is 38.9 Å². The molecule has 0 aliphatic carbocycles. The minimum absolute atomic E-state index is 0.0340. The number of aryl methyl sites for hydroxylation is 1. The van der Waals surface area contributed by atoms with Crippen molar-refractivity contribution in [3.63, 3.8) is 0 Å². The number of nitrogens with zero attached hydrogens (tertiary/aromatic N) is 2. The van der Waals surface area contributed by atoms with Gasteiger partial charge >= 0.3 is 11.9 Å². The Morgan fingerprint density at radius 3 is 1.79 bits per heavy atom. The summed E-state index contributed by atoms with van der Waals surface area (Å²) in [6.45, 7) is 5.46. The van der Waals surface area contributed by atoms with Gasteiger partial charge in [0, 0.05) is 0 Å². The lowest BCUT2D eigenvalue weighted by molar-refractivity contribution is -0.138. The maximum Gasteiger partial charge on any atom is 0.347 e. The fourth-order valence-corrected chi connectivity index (χ4v) is 5.98. The van der Waals surface area contributed by atoms with Crippen LogP contribution in [0.25, 0.3) is 11.4 Å². The zero-order valence-electron chi connectivity index (χ0n) is 21.0. The molecule has 196 valence electrons. The Morgan fingerprint density at radius 1 is 0.763 bits per heavy atom. The third kappa shape index (κ3) is 8.38. The Balaban J connectivity index is 2.49. The highest BCUT2D eigenvalue weighted by Crippen LogP contribution is 2.43. The number of carbonyl (C=O) groups is 2. The number of hydrogen-bond acceptors (Lipinski definition) is 11. The molecule has 0 saturated heterocycles. The van der Waals surface area contributed by atoms with E-state index in [1.165, 1.54) is 0 Å². The molecule has 0 radical (unpaired) electrons. The summed E-state index contributed by atoms with van der Waals surface area (Å²) in [6, 6.07) is 19.9. The van der Waals surface area contributed by atoms with Crippen molar-refractivity contribution in [1.82, 2.24) is 0 Å². The normalized spacial score (nSPS) is 12.7. The third-order valence-electron chi connectivity index (χ3n) is 4.68. The number of ether oxygens (including phenoxy) is 2. The summed E-state index contributed by atoms with van der Waals surface area (Å²) in [7, 11) is 1.75. The quantitative estimate of drug-likeness (QED) is 0.154. The van der Waals surface area contributed by atoms with Gasteiger partial charge in [-0.25, -0.2) is 9.59 Å². The molecule has 0 amide bonds. The van der Waals surface area contributed by atoms with Crippen LogP contribution < -0.4 is 11.5 Å². The molecule has 8 nitrogen and oxygen atoms in total. The van der Waals surface area contributed by atoms with Crippen LogP contribution in [0.15, 0.2) is 74.2 Å². The fourth-order valence-electron chi connectivity index (χ4n) is 2.81. The van der Waals surface area contributed by atoms with E-state index in [1.807, 2.05) is 31.2 Å². The number of carbonyl (C=O) groups excluding carboxylic acids is 2. The third-order valence-corrected chi connectivity index (χ3v) is 8.25. The van der Waals surface area contributed by atoms with Gasteiger partial charge in [-0.1, -0.05) is 71.9 Å². The first-order chi connectivity index (χ1) is 18.3. The van der Waals surface area contributed by atoms with Crippen molar-refractivity contribution in [2.24, 2.45) is 11.5 Å². The van der Waals surface area contributed by atoms with Gasteiger partial charge in [0.1, 0.15) is 31.8 Å². The standard InChI is InChI=1S/C27H26N4O4S3/c1-4-34-26(32)24(22(30)18-9-7-6-8-10-18)36-20(15-28)21(16-29)37-38-25(27(33)35-5-2)23(31)19-13-11-17(3)12-14-19/h6-14H,4-5,30-31H2,1-3H3/b21-20-,24-22+,25-23+. The van der Waals surface area contributed by atoms with Crippen molar-refractivity contribution in [1.29, 1.82) is 10.5 Å². The molecule has 0 bridgehead atoms. The number of nitrogens with two attached hydrogens (primary N) is 2. The largest absolute Gasteiger partial charge is 0.462 e. The summed E-state index contributed by atoms with van der Waals surface area (Å²) in [5.41, 5.74) is 15.0. The van der Waals surface area contributed by atoms with Crippen molar-refractivity contribution in [3.8, 4) is 12.1 Å². The molecule has 0 aliphatic rings. The van der Waals surface area contributed by atoms with Crippen LogP contribution in [-0.4, -0.2) is 25.2 Å². The molecule has 0 aromatic heterocycles. The molecule has 2 aromatic rings. The van der Waals surface area contributed by atoms with Crippen LogP contribution in [0.4, 0.5) is 0 Å². The summed E-state index contributed by atoms with van der Waals surface area (Å²) in [5.74, 6) is -1.38. The van der Waals surface area contributed by atoms with E-state index in [4.69, 9.17) is 20.9 Å². The van der Waals surface area contributed by atoms with Gasteiger partial charge in [0.15, 0.2) is 0 Å². The van der Waals surface area contributed by atoms with Gasteiger partial charge in [0.05, 0.1) is 24.6 Å². The van der Waals surface area contributed by atoms with Gasteiger partial charge in [-0.15, -0.1) is 0 Å². The lowest BCUT2D eigenvalue weighted by Crippen LogP contribution is -2.12. The Morgan fingerprint density at radius 2 is 1.26 bits per heavy atom. The van der Waals surface area contributed by atoms with E-state index >= 15 is 0 Å². The first-order valence-corrected chi connectivity index (χ1v) is 14.3. The predicted octanol–water partition coefficient (Wildman–Crippen LogP) is 5.45. The number of esters is 2. The number of allylic oxidation sites excluding steroid dienone is 2. The van der Waals surface area contributed by atoms with Crippen molar-refractivity contribution in [2.45, 2.75) is 20.8 Å². The minimum Gasteiger partial charge on any atom is -0.462 e. The molecular weight excluding hydrogens is 541 g/mol. The lowest BCUT2D eigenvalue weighted by Gasteiger charge is -2.12. The molecule has 2 rings (SSSR count). The molecule has 11 heteroatoms.